The van der Waals surface area contributed by atoms with Crippen molar-refractivity contribution in [1.82, 2.24) is 10.5 Å². The van der Waals surface area contributed by atoms with Gasteiger partial charge in [-0.15, -0.1) is 0 Å². The van der Waals surface area contributed by atoms with Crippen LogP contribution in [0.15, 0.2) is 22.7 Å². The van der Waals surface area contributed by atoms with Crippen LogP contribution < -0.4 is 15.4 Å². The molecule has 1 saturated heterocycles. The minimum absolute atomic E-state index is 0.000714. The third-order valence-corrected chi connectivity index (χ3v) is 5.72. The summed E-state index contributed by atoms with van der Waals surface area (Å²) in [7, 11) is 3.24. The number of amides is 1. The number of methoxy groups -OCH3 is 2. The lowest BCUT2D eigenvalue weighted by molar-refractivity contribution is -0.122. The highest BCUT2D eigenvalue weighted by Gasteiger charge is 2.49. The Morgan fingerprint density at radius 1 is 1.20 bits per heavy atom. The molecular weight excluding hydrogens is 382 g/mol. The van der Waals surface area contributed by atoms with Crippen LogP contribution in [0.3, 0.4) is 0 Å². The molecule has 1 aliphatic heterocycles. The summed E-state index contributed by atoms with van der Waals surface area (Å²) in [4.78, 5) is 12.5. The van der Waals surface area contributed by atoms with Gasteiger partial charge in [-0.2, -0.15) is 0 Å². The second-order valence-corrected chi connectivity index (χ2v) is 8.09. The number of nitrogens with one attached hydrogen (secondary N) is 2. The van der Waals surface area contributed by atoms with E-state index in [1.54, 1.807) is 14.2 Å². The van der Waals surface area contributed by atoms with Gasteiger partial charge in [-0.3, -0.25) is 4.79 Å². The highest BCUT2D eigenvalue weighted by molar-refractivity contribution is 5.98. The van der Waals surface area contributed by atoms with Crippen LogP contribution in [-0.4, -0.2) is 45.0 Å². The number of ether oxygens (including phenoxy) is 2. The number of nitrogens with zero attached hydrogens (tertiary/aromatic N) is 1. The largest absolute Gasteiger partial charge is 0.496 e. The predicted octanol–water partition coefficient (Wildman–Crippen LogP) is 4.09. The van der Waals surface area contributed by atoms with Crippen LogP contribution in [0.2, 0.25) is 0 Å². The molecule has 0 unspecified atom stereocenters. The van der Waals surface area contributed by atoms with E-state index in [0.29, 0.717) is 18.1 Å². The molecule has 7 nitrogen and oxygen atoms in total. The van der Waals surface area contributed by atoms with E-state index in [-0.39, 0.29) is 11.3 Å². The molecule has 1 saturated carbocycles. The van der Waals surface area contributed by atoms with Gasteiger partial charge in [0, 0.05) is 18.4 Å². The second kappa shape index (κ2) is 10.1. The molecule has 4 rings (SSSR count). The number of rotatable bonds is 6. The predicted molar refractivity (Wildman–Crippen MR) is 117 cm³/mol. The molecule has 0 bridgehead atoms. The number of carbonyl (C=O) groups is 1. The van der Waals surface area contributed by atoms with Gasteiger partial charge in [0.25, 0.3) is 0 Å². The van der Waals surface area contributed by atoms with Gasteiger partial charge >= 0.3 is 0 Å². The molecule has 2 aliphatic rings. The molecule has 0 radical (unpaired) electrons. The minimum atomic E-state index is -0.377. The Morgan fingerprint density at radius 2 is 1.93 bits per heavy atom. The summed E-state index contributed by atoms with van der Waals surface area (Å²) in [5.41, 5.74) is 2.87. The van der Waals surface area contributed by atoms with Crippen molar-refractivity contribution in [1.29, 1.82) is 0 Å². The van der Waals surface area contributed by atoms with Gasteiger partial charge < -0.3 is 24.6 Å². The van der Waals surface area contributed by atoms with Crippen LogP contribution in [0.1, 0.15) is 43.6 Å². The van der Waals surface area contributed by atoms with Crippen molar-refractivity contribution < 1.29 is 18.8 Å². The van der Waals surface area contributed by atoms with E-state index in [2.05, 4.69) is 15.8 Å². The molecule has 2 N–H and O–H groups in total. The maximum Gasteiger partial charge on any atom is 0.232 e. The maximum absolute atomic E-state index is 12.5. The molecule has 1 aromatic heterocycles. The number of hydrogen-bond donors (Lipinski definition) is 2. The fourth-order valence-corrected chi connectivity index (χ4v) is 3.78. The highest BCUT2D eigenvalue weighted by Crippen LogP contribution is 2.47. The summed E-state index contributed by atoms with van der Waals surface area (Å²) in [6, 6.07) is 5.57. The zero-order chi connectivity index (χ0) is 21.6. The zero-order valence-electron chi connectivity index (χ0n) is 18.5. The van der Waals surface area contributed by atoms with E-state index in [4.69, 9.17) is 14.0 Å². The Kier molecular flexibility index (Phi) is 7.50. The van der Waals surface area contributed by atoms with E-state index >= 15 is 0 Å². The minimum Gasteiger partial charge on any atom is -0.496 e. The molecule has 1 aliphatic carbocycles. The first kappa shape index (κ1) is 22.3. The first-order valence-electron chi connectivity index (χ1n) is 10.6. The molecule has 2 heterocycles. The van der Waals surface area contributed by atoms with E-state index in [9.17, 15) is 4.79 Å². The van der Waals surface area contributed by atoms with Gasteiger partial charge in [-0.25, -0.2) is 0 Å². The number of anilines is 1. The van der Waals surface area contributed by atoms with E-state index in [0.717, 1.165) is 35.3 Å². The van der Waals surface area contributed by atoms with E-state index < -0.39 is 0 Å². The molecule has 30 heavy (non-hydrogen) atoms. The summed E-state index contributed by atoms with van der Waals surface area (Å²) < 4.78 is 15.9. The van der Waals surface area contributed by atoms with Crippen LogP contribution in [-0.2, 0) is 9.53 Å². The van der Waals surface area contributed by atoms with Gasteiger partial charge in [-0.05, 0) is 70.8 Å². The van der Waals surface area contributed by atoms with Gasteiger partial charge in [0.1, 0.15) is 11.5 Å². The van der Waals surface area contributed by atoms with Crippen molar-refractivity contribution in [2.24, 2.45) is 5.41 Å². The Balaban J connectivity index is 0.000000367. The summed E-state index contributed by atoms with van der Waals surface area (Å²) in [6.07, 6.45) is 5.94. The second-order valence-electron chi connectivity index (χ2n) is 8.09. The number of hydrogen-bond acceptors (Lipinski definition) is 6. The number of aromatic nitrogens is 1. The molecule has 0 atom stereocenters. The smallest absolute Gasteiger partial charge is 0.232 e. The molecule has 1 amide bonds. The Hall–Kier alpha value is -2.38. The molecule has 164 valence electrons. The van der Waals surface area contributed by atoms with Gasteiger partial charge in [-0.1, -0.05) is 11.6 Å². The fourth-order valence-electron chi connectivity index (χ4n) is 3.78. The lowest BCUT2D eigenvalue weighted by atomic mass is 10.0. The summed E-state index contributed by atoms with van der Waals surface area (Å²) in [6.45, 7) is 6.69. The molecule has 7 heteroatoms. The monoisotopic (exact) mass is 415 g/mol. The van der Waals surface area contributed by atoms with Crippen LogP contribution in [0.4, 0.5) is 5.69 Å². The average molecular weight is 416 g/mol. The van der Waals surface area contributed by atoms with Crippen molar-refractivity contribution in [3.05, 3.63) is 29.7 Å². The summed E-state index contributed by atoms with van der Waals surface area (Å²) >= 11 is 0. The molecule has 1 aromatic carbocycles. The van der Waals surface area contributed by atoms with Crippen molar-refractivity contribution in [2.45, 2.75) is 46.0 Å². The highest BCUT2D eigenvalue weighted by atomic mass is 16.5. The topological polar surface area (TPSA) is 85.6 Å². The van der Waals surface area contributed by atoms with Crippen molar-refractivity contribution in [3.8, 4) is 16.9 Å². The first-order valence-corrected chi connectivity index (χ1v) is 10.6. The molecule has 0 spiro atoms. The molecular formula is C23H33N3O4. The number of aryl methyl sites for hydroxylation is 2. The van der Waals surface area contributed by atoms with Crippen LogP contribution in [0.5, 0.6) is 5.75 Å². The van der Waals surface area contributed by atoms with Gasteiger partial charge in [0.2, 0.25) is 5.91 Å². The normalized spacial score (nSPS) is 16.9. The zero-order valence-corrected chi connectivity index (χ0v) is 18.5. The van der Waals surface area contributed by atoms with Crippen molar-refractivity contribution >= 4 is 11.6 Å². The number of benzene rings is 1. The third kappa shape index (κ3) is 5.21. The molecule has 2 fully saturated rings. The van der Waals surface area contributed by atoms with E-state index in [1.165, 1.54) is 32.4 Å². The van der Waals surface area contributed by atoms with Crippen molar-refractivity contribution in [3.63, 3.8) is 0 Å². The van der Waals surface area contributed by atoms with Gasteiger partial charge in [0.05, 0.1) is 30.4 Å². The first-order chi connectivity index (χ1) is 14.5. The van der Waals surface area contributed by atoms with Crippen LogP contribution in [0, 0.1) is 19.3 Å². The lowest BCUT2D eigenvalue weighted by Gasteiger charge is -2.16. The SMILES string of the molecule is C1CCNCC1.COCC1(C(=O)Nc2ccc(OC)c(-c3c(C)noc3C)c2)CC1. The average Bonchev–Trinajstić information content (AvgIpc) is 3.48. The lowest BCUT2D eigenvalue weighted by Crippen LogP contribution is -2.28. The Morgan fingerprint density at radius 3 is 2.40 bits per heavy atom. The number of carbonyl (C=O) groups excluding carboxylic acids is 1. The maximum atomic E-state index is 12.5. The standard InChI is InChI=1S/C18H22N2O4.C5H11N/c1-11-16(12(2)24-20-11)14-9-13(5-6-15(14)23-4)19-17(21)18(7-8-18)10-22-3;1-2-4-6-5-3-1/h5-6,9H,7-8,10H2,1-4H3,(H,19,21);6H,1-5H2. The third-order valence-electron chi connectivity index (χ3n) is 5.72. The molecule has 2 aromatic rings. The number of piperidine rings is 1. The van der Waals surface area contributed by atoms with E-state index in [1.807, 2.05) is 32.0 Å². The summed E-state index contributed by atoms with van der Waals surface area (Å²) in [5.74, 6) is 1.42. The Bertz CT molecular complexity index is 823. The quantitative estimate of drug-likeness (QED) is 0.739. The fraction of sp³-hybridized carbons (Fsp3) is 0.565. The van der Waals surface area contributed by atoms with Gasteiger partial charge in [0.15, 0.2) is 0 Å². The van der Waals surface area contributed by atoms with Crippen LogP contribution in [0.25, 0.3) is 11.1 Å². The summed E-state index contributed by atoms with van der Waals surface area (Å²) in [5, 5.41) is 10.3. The van der Waals surface area contributed by atoms with Crippen LogP contribution >= 0.6 is 0 Å². The Labute approximate surface area is 178 Å². The van der Waals surface area contributed by atoms with Crippen molar-refractivity contribution in [2.75, 3.05) is 39.2 Å².